The van der Waals surface area contributed by atoms with Crippen LogP contribution in [0.15, 0.2) is 59.0 Å². The molecule has 0 fully saturated rings. The second-order valence-electron chi connectivity index (χ2n) is 17.8. The molecule has 0 saturated carbocycles. The van der Waals surface area contributed by atoms with Crippen molar-refractivity contribution in [1.82, 2.24) is 4.90 Å². The summed E-state index contributed by atoms with van der Waals surface area (Å²) in [6, 6.07) is 5.38. The van der Waals surface area contributed by atoms with E-state index in [4.69, 9.17) is 0 Å². The maximum atomic E-state index is 13.6. The molecule has 2 unspecified atom stereocenters. The third-order valence-corrected chi connectivity index (χ3v) is 12.9. The summed E-state index contributed by atoms with van der Waals surface area (Å²) in [5.41, 5.74) is 1.20. The molecule has 0 aromatic heterocycles. The van der Waals surface area contributed by atoms with Gasteiger partial charge in [-0.05, 0) is 75.7 Å². The van der Waals surface area contributed by atoms with Gasteiger partial charge in [-0.25, -0.2) is 0 Å². The van der Waals surface area contributed by atoms with Crippen molar-refractivity contribution in [1.29, 1.82) is 0 Å². The standard InChI is InChI=1S/C53H84N2O5/c1-7-13-17-21-23-27-31-41(29-25-19-15-9-3)39-55(40-42(30-26-20-16-10-4)32-28-24-22-18-14-8-2)44-34-36-46(48(57)38-44)50-51(58)49(52(59)53(50)60)45-35-33-43(37-47(45)56)54(11-5)12-6/h33-38,41-42,57-58H,7-32,39-40H2,1-6H3/b49-45-. The first-order valence-corrected chi connectivity index (χ1v) is 24.7. The summed E-state index contributed by atoms with van der Waals surface area (Å²) in [6.07, 6.45) is 34.8. The van der Waals surface area contributed by atoms with Gasteiger partial charge < -0.3 is 20.0 Å². The van der Waals surface area contributed by atoms with Crippen molar-refractivity contribution in [2.75, 3.05) is 31.1 Å². The molecule has 0 saturated heterocycles. The zero-order valence-electron chi connectivity index (χ0n) is 38.9. The van der Waals surface area contributed by atoms with E-state index in [-0.39, 0.29) is 28.0 Å². The fraction of sp³-hybridized carbons (Fsp3) is 0.679. The van der Waals surface area contributed by atoms with Crippen LogP contribution in [0.5, 0.6) is 5.75 Å². The number of benzene rings is 1. The fourth-order valence-corrected chi connectivity index (χ4v) is 9.21. The smallest absolute Gasteiger partial charge is 0.238 e. The number of allylic oxidation sites excluding steroid dienone is 6. The van der Waals surface area contributed by atoms with Gasteiger partial charge >= 0.3 is 0 Å². The number of Topliss-reactive ketones (excluding diaryl/α,β-unsaturated/α-hetero) is 2. The van der Waals surface area contributed by atoms with E-state index in [1.807, 2.05) is 24.8 Å². The number of carbonyl (C=O) groups is 3. The van der Waals surface area contributed by atoms with E-state index in [2.05, 4.69) is 32.6 Å². The molecule has 2 aliphatic carbocycles. The summed E-state index contributed by atoms with van der Waals surface area (Å²) >= 11 is 0. The Kier molecular flexibility index (Phi) is 24.4. The van der Waals surface area contributed by atoms with Gasteiger partial charge in [0.2, 0.25) is 11.6 Å². The second-order valence-corrected chi connectivity index (χ2v) is 17.8. The third kappa shape index (κ3) is 16.0. The van der Waals surface area contributed by atoms with Crippen LogP contribution < -0.4 is 4.90 Å². The lowest BCUT2D eigenvalue weighted by atomic mass is 9.91. The summed E-state index contributed by atoms with van der Waals surface area (Å²) in [6.45, 7) is 16.3. The number of unbranched alkanes of at least 4 members (excludes halogenated alkanes) is 16. The number of phenols is 1. The average molecular weight is 829 g/mol. The summed E-state index contributed by atoms with van der Waals surface area (Å²) < 4.78 is 0. The number of nitrogens with zero attached hydrogens (tertiary/aromatic N) is 2. The van der Waals surface area contributed by atoms with Crippen molar-refractivity contribution in [2.24, 2.45) is 11.8 Å². The van der Waals surface area contributed by atoms with Crippen LogP contribution in [0.4, 0.5) is 5.69 Å². The van der Waals surface area contributed by atoms with E-state index >= 15 is 0 Å². The lowest BCUT2D eigenvalue weighted by Crippen LogP contribution is -2.34. The summed E-state index contributed by atoms with van der Waals surface area (Å²) in [7, 11) is 0. The van der Waals surface area contributed by atoms with Crippen molar-refractivity contribution in [2.45, 2.75) is 196 Å². The van der Waals surface area contributed by atoms with Crippen LogP contribution in [0.3, 0.4) is 0 Å². The summed E-state index contributed by atoms with van der Waals surface area (Å²) in [5.74, 6) is -1.89. The molecule has 7 nitrogen and oxygen atoms in total. The first kappa shape index (κ1) is 50.7. The molecule has 0 aliphatic heterocycles. The number of rotatable bonds is 33. The maximum absolute atomic E-state index is 13.6. The molecular formula is C53H84N2O5. The SMILES string of the molecule is CCCCCCCCC(CCCCCC)CN(CC(CCCCCC)CCCCCCCC)c1ccc(C2=C(O)/C(=C3\C=CC(N(CC)CC)=CC3=O)C(=O)C2=O)c(O)c1. The predicted octanol–water partition coefficient (Wildman–Crippen LogP) is 14.0. The molecule has 0 heterocycles. The van der Waals surface area contributed by atoms with E-state index in [0.29, 0.717) is 24.9 Å². The molecule has 1 aromatic carbocycles. The summed E-state index contributed by atoms with van der Waals surface area (Å²) in [5, 5.41) is 23.2. The normalized spacial score (nSPS) is 16.6. The Balaban J connectivity index is 2.00. The van der Waals surface area contributed by atoms with Crippen molar-refractivity contribution in [3.63, 3.8) is 0 Å². The zero-order valence-corrected chi connectivity index (χ0v) is 38.9. The van der Waals surface area contributed by atoms with Crippen LogP contribution in [-0.4, -0.2) is 58.6 Å². The van der Waals surface area contributed by atoms with Gasteiger partial charge in [-0.2, -0.15) is 0 Å². The molecule has 1 aromatic rings. The van der Waals surface area contributed by atoms with Gasteiger partial charge in [-0.1, -0.05) is 156 Å². The Morgan fingerprint density at radius 3 is 1.38 bits per heavy atom. The van der Waals surface area contributed by atoms with Crippen LogP contribution in [0.2, 0.25) is 0 Å². The molecular weight excluding hydrogens is 745 g/mol. The van der Waals surface area contributed by atoms with Crippen LogP contribution >= 0.6 is 0 Å². The molecule has 0 radical (unpaired) electrons. The highest BCUT2D eigenvalue weighted by Crippen LogP contribution is 2.40. The Labute approximate surface area is 365 Å². The Hall–Kier alpha value is -3.61. The molecule has 2 atom stereocenters. The second kappa shape index (κ2) is 28.8. The molecule has 0 spiro atoms. The minimum Gasteiger partial charge on any atom is -0.507 e. The highest BCUT2D eigenvalue weighted by Gasteiger charge is 2.41. The Bertz CT molecular complexity index is 1560. The van der Waals surface area contributed by atoms with E-state index in [9.17, 15) is 24.6 Å². The van der Waals surface area contributed by atoms with Gasteiger partial charge in [0.1, 0.15) is 11.5 Å². The number of aliphatic hydroxyl groups excluding tert-OH is 1. The molecule has 7 heteroatoms. The molecule has 3 rings (SSSR count). The van der Waals surface area contributed by atoms with Gasteiger partial charge in [0.05, 0.1) is 11.1 Å². The predicted molar refractivity (Wildman–Crippen MR) is 253 cm³/mol. The number of ketones is 3. The van der Waals surface area contributed by atoms with Crippen LogP contribution in [-0.2, 0) is 14.4 Å². The summed E-state index contributed by atoms with van der Waals surface area (Å²) in [4.78, 5) is 44.9. The van der Waals surface area contributed by atoms with Gasteiger partial charge in [-0.15, -0.1) is 0 Å². The minimum absolute atomic E-state index is 0.00951. The maximum Gasteiger partial charge on any atom is 0.238 e. The van der Waals surface area contributed by atoms with Gasteiger partial charge in [-0.3, -0.25) is 14.4 Å². The minimum atomic E-state index is -0.929. The Morgan fingerprint density at radius 2 is 0.950 bits per heavy atom. The third-order valence-electron chi connectivity index (χ3n) is 12.9. The fourth-order valence-electron chi connectivity index (χ4n) is 9.21. The Morgan fingerprint density at radius 1 is 0.517 bits per heavy atom. The molecule has 2 N–H and O–H groups in total. The first-order chi connectivity index (χ1) is 29.1. The lowest BCUT2D eigenvalue weighted by molar-refractivity contribution is -0.130. The van der Waals surface area contributed by atoms with Gasteiger partial charge in [0.15, 0.2) is 5.78 Å². The van der Waals surface area contributed by atoms with Crippen LogP contribution in [0.25, 0.3) is 5.57 Å². The highest BCUT2D eigenvalue weighted by molar-refractivity contribution is 6.63. The average Bonchev–Trinajstić information content (AvgIpc) is 3.46. The van der Waals surface area contributed by atoms with Crippen LogP contribution in [0.1, 0.15) is 201 Å². The number of hydrogen-bond acceptors (Lipinski definition) is 7. The largest absolute Gasteiger partial charge is 0.507 e. The van der Waals surface area contributed by atoms with Crippen molar-refractivity contribution in [3.05, 3.63) is 64.6 Å². The number of phenolic OH excluding ortho intramolecular Hbond substituents is 1. The molecule has 336 valence electrons. The van der Waals surface area contributed by atoms with Gasteiger partial charge in [0, 0.05) is 60.8 Å². The van der Waals surface area contributed by atoms with E-state index in [0.717, 1.165) is 24.5 Å². The number of carbonyl (C=O) groups excluding carboxylic acids is 3. The molecule has 0 bridgehead atoms. The van der Waals surface area contributed by atoms with E-state index in [1.165, 1.54) is 166 Å². The van der Waals surface area contributed by atoms with Crippen molar-refractivity contribution < 1.29 is 24.6 Å². The first-order valence-electron chi connectivity index (χ1n) is 24.7. The topological polar surface area (TPSA) is 98.2 Å². The molecule has 2 aliphatic rings. The number of likely N-dealkylation sites (N-methyl/N-ethyl adjacent to an activating group) is 1. The van der Waals surface area contributed by atoms with E-state index in [1.54, 1.807) is 18.2 Å². The van der Waals surface area contributed by atoms with Crippen molar-refractivity contribution >= 4 is 28.6 Å². The zero-order chi connectivity index (χ0) is 43.7. The number of hydrogen-bond donors (Lipinski definition) is 2. The number of aliphatic hydroxyl groups is 1. The molecule has 0 amide bonds. The van der Waals surface area contributed by atoms with Gasteiger partial charge in [0.25, 0.3) is 0 Å². The number of anilines is 1. The quantitative estimate of drug-likeness (QED) is 0.0414. The van der Waals surface area contributed by atoms with Crippen molar-refractivity contribution in [3.8, 4) is 5.75 Å². The monoisotopic (exact) mass is 829 g/mol. The molecule has 60 heavy (non-hydrogen) atoms. The number of aromatic hydroxyl groups is 1. The highest BCUT2D eigenvalue weighted by atomic mass is 16.3. The van der Waals surface area contributed by atoms with E-state index < -0.39 is 23.1 Å². The van der Waals surface area contributed by atoms with Crippen LogP contribution in [0, 0.1) is 11.8 Å². The lowest BCUT2D eigenvalue weighted by Gasteiger charge is -2.33.